The van der Waals surface area contributed by atoms with E-state index in [1.54, 1.807) is 62.0 Å². The number of carbonyl (C=O) groups is 5. The molecule has 5 aliphatic carbocycles. The molecule has 0 bridgehead atoms. The van der Waals surface area contributed by atoms with Crippen molar-refractivity contribution in [3.8, 4) is 0 Å². The molecule has 8 heterocycles. The van der Waals surface area contributed by atoms with Crippen LogP contribution in [-0.4, -0.2) is 101 Å². The highest BCUT2D eigenvalue weighted by Gasteiger charge is 2.36. The summed E-state index contributed by atoms with van der Waals surface area (Å²) in [5.41, 5.74) is 18.3. The standard InChI is InChI=1S/C21H28N4O.C18H20N4O.C17H20FN3O.C17H22N4O.C16H20N4O.CH4/c1-14-7-6-8-19(24-11-4-5-12-24)20(14)22-21(26)18-13-15(2)25(23-18)16(3)17-9-10-17;1-11-5-8-15(19-4)10-16(11)20-18(23)17-9-12(2)22(21-17)13(3)14-6-7-14;1-10-8-14(18)6-7-15(10)19-17(22)16-9-11(2)21(20-16)12(3)13-4-5-13;1-10-8-18-9-11(2)16(10)19-17(22)15-7-12(3)21(20-15)13(4)14-5-6-14;1-10-9-17-7-6-14(10)18-16(21)15-8-11(2)20(19-15)12(3)13-4-5-13;/h6-8,13,16-17H,4-5,9-12H2,1-3H3,(H,22,26);5,8-10,13-14H,6-7H2,1-3H3,(H,20,23);6-9,12-13H,4-5H2,1-3H3,(H,19,22);7-9,13-14H,5-6H2,1-4H3,(H,18,19,22);6-9,12-13H,4-5H2,1-3H3,(H,17,18,21);1H4. The van der Waals surface area contributed by atoms with Gasteiger partial charge in [-0.05, 0) is 318 Å². The van der Waals surface area contributed by atoms with Crippen LogP contribution in [0, 0.1) is 118 Å². The lowest BCUT2D eigenvalue weighted by Crippen LogP contribution is -2.22. The molecular weight excluding hydrogens is 1450 g/mol. The summed E-state index contributed by atoms with van der Waals surface area (Å²) in [4.78, 5) is 76.4. The Morgan fingerprint density at radius 2 is 0.748 bits per heavy atom. The lowest BCUT2D eigenvalue weighted by atomic mass is 10.1. The Balaban J connectivity index is 0.000000141. The van der Waals surface area contributed by atoms with Crippen LogP contribution in [0.4, 0.5) is 44.2 Å². The first-order chi connectivity index (χ1) is 54.5. The molecule has 24 nitrogen and oxygen atoms in total. The maximum absolute atomic E-state index is 13.1. The number of amides is 5. The van der Waals surface area contributed by atoms with E-state index >= 15 is 0 Å². The molecular formula is C90H114FN19O5. The number of benzene rings is 3. The van der Waals surface area contributed by atoms with Crippen molar-refractivity contribution in [3.63, 3.8) is 0 Å². The van der Waals surface area contributed by atoms with Gasteiger partial charge < -0.3 is 31.5 Å². The van der Waals surface area contributed by atoms with E-state index in [4.69, 9.17) is 6.57 Å². The van der Waals surface area contributed by atoms with Crippen molar-refractivity contribution >= 4 is 69.3 Å². The molecule has 7 aromatic heterocycles. The van der Waals surface area contributed by atoms with Gasteiger partial charge in [0.2, 0.25) is 0 Å². The molecule has 3 aromatic carbocycles. The number of hydrogen-bond donors (Lipinski definition) is 5. The van der Waals surface area contributed by atoms with Gasteiger partial charge in [-0.3, -0.25) is 57.3 Å². The molecule has 0 radical (unpaired) electrons. The van der Waals surface area contributed by atoms with Gasteiger partial charge in [0.25, 0.3) is 29.5 Å². The van der Waals surface area contributed by atoms with Gasteiger partial charge >= 0.3 is 0 Å². The minimum absolute atomic E-state index is 0. The molecule has 5 amide bonds. The Morgan fingerprint density at radius 1 is 0.391 bits per heavy atom. The summed E-state index contributed by atoms with van der Waals surface area (Å²) in [6.07, 6.45) is 21.9. The van der Waals surface area contributed by atoms with Crippen molar-refractivity contribution in [3.05, 3.63) is 223 Å². The fourth-order valence-electron chi connectivity index (χ4n) is 15.0. The van der Waals surface area contributed by atoms with Crippen molar-refractivity contribution in [2.24, 2.45) is 29.6 Å². The number of halogens is 1. The summed E-state index contributed by atoms with van der Waals surface area (Å²) < 4.78 is 23.0. The van der Waals surface area contributed by atoms with Crippen molar-refractivity contribution in [2.75, 3.05) is 44.6 Å². The number of nitrogens with zero attached hydrogens (tertiary/aromatic N) is 14. The number of nitrogens with one attached hydrogen (secondary N) is 5. The third kappa shape index (κ3) is 21.1. The fourth-order valence-corrected chi connectivity index (χ4v) is 15.0. The second-order valence-electron chi connectivity index (χ2n) is 32.3. The minimum atomic E-state index is -0.311. The van der Waals surface area contributed by atoms with Crippen molar-refractivity contribution in [1.82, 2.24) is 58.9 Å². The first-order valence-electron chi connectivity index (χ1n) is 40.3. The molecule has 5 atom stereocenters. The monoisotopic (exact) mass is 1560 g/mol. The Morgan fingerprint density at radius 3 is 1.11 bits per heavy atom. The molecule has 5 saturated carbocycles. The summed E-state index contributed by atoms with van der Waals surface area (Å²) in [5, 5.41) is 37.2. The van der Waals surface area contributed by atoms with Crippen molar-refractivity contribution in [1.29, 1.82) is 0 Å². The zero-order chi connectivity index (χ0) is 81.5. The van der Waals surface area contributed by atoms with Crippen molar-refractivity contribution < 1.29 is 28.4 Å². The molecule has 6 aliphatic rings. The van der Waals surface area contributed by atoms with Gasteiger partial charge in [-0.25, -0.2) is 9.24 Å². The van der Waals surface area contributed by atoms with Crippen LogP contribution < -0.4 is 31.5 Å². The SMILES string of the molecule is C.Cc1cc(F)ccc1NC(=O)c1cc(C)n(C(C)C2CC2)n1.Cc1cccc(N2CCCC2)c1NC(=O)c1cc(C)n(C(C)C2CC2)n1.Cc1cncc(C)c1NC(=O)c1cc(C)n(C(C)C2CC2)n1.Cc1cnccc1NC(=O)c1cc(C)n(C(C)C2CC2)n1.[C-]#[N+]c1ccc(C)c(NC(=O)c2cc(C)n(C(C)C3CC3)n2)c1. The molecule has 6 fully saturated rings. The first-order valence-corrected chi connectivity index (χ1v) is 40.3. The number of hydrogen-bond acceptors (Lipinski definition) is 13. The average molecular weight is 1560 g/mol. The quantitative estimate of drug-likeness (QED) is 0.0419. The van der Waals surface area contributed by atoms with E-state index in [1.165, 1.54) is 89.2 Å². The number of aromatic nitrogens is 12. The Bertz CT molecular complexity index is 5180. The highest BCUT2D eigenvalue weighted by molar-refractivity contribution is 6.07. The molecule has 5 N–H and O–H groups in total. The van der Waals surface area contributed by atoms with Crippen LogP contribution >= 0.6 is 0 Å². The second-order valence-corrected chi connectivity index (χ2v) is 32.3. The van der Waals surface area contributed by atoms with Gasteiger partial charge in [0.05, 0.1) is 48.2 Å². The molecule has 25 heteroatoms. The summed E-state index contributed by atoms with van der Waals surface area (Å²) in [6.45, 7) is 41.5. The zero-order valence-corrected chi connectivity index (χ0v) is 68.8. The van der Waals surface area contributed by atoms with E-state index in [2.05, 4.69) is 119 Å². The number of rotatable bonds is 21. The van der Waals surface area contributed by atoms with E-state index in [0.717, 1.165) is 92.1 Å². The number of pyridine rings is 2. The van der Waals surface area contributed by atoms with Crippen LogP contribution in [0.15, 0.2) is 116 Å². The predicted octanol–water partition coefficient (Wildman–Crippen LogP) is 19.6. The van der Waals surface area contributed by atoms with Gasteiger partial charge in [-0.15, -0.1) is 0 Å². The number of aryl methyl sites for hydroxylation is 11. The molecule has 10 aromatic rings. The van der Waals surface area contributed by atoms with E-state index in [-0.39, 0.29) is 42.8 Å². The van der Waals surface area contributed by atoms with Crippen LogP contribution in [0.2, 0.25) is 0 Å². The third-order valence-corrected chi connectivity index (χ3v) is 23.0. The van der Waals surface area contributed by atoms with Gasteiger partial charge in [-0.2, -0.15) is 25.5 Å². The molecule has 0 spiro atoms. The van der Waals surface area contributed by atoms with Crippen molar-refractivity contribution in [2.45, 2.75) is 225 Å². The Hall–Kier alpha value is -11.4. The Kier molecular flexibility index (Phi) is 27.0. The van der Waals surface area contributed by atoms with Gasteiger partial charge in [-0.1, -0.05) is 31.7 Å². The fraction of sp³-hybridized carbons (Fsp3) is 0.456. The number of carbonyl (C=O) groups excluding carboxylic acids is 5. The highest BCUT2D eigenvalue weighted by Crippen LogP contribution is 2.44. The van der Waals surface area contributed by atoms with E-state index in [1.807, 2.05) is 129 Å². The van der Waals surface area contributed by atoms with E-state index in [9.17, 15) is 28.4 Å². The lowest BCUT2D eigenvalue weighted by molar-refractivity contribution is 0.101. The largest absolute Gasteiger partial charge is 0.370 e. The average Bonchev–Trinajstić information content (AvgIpc) is 1.70. The summed E-state index contributed by atoms with van der Waals surface area (Å²) in [7, 11) is 0. The summed E-state index contributed by atoms with van der Waals surface area (Å²) in [6, 6.07) is 28.6. The predicted molar refractivity (Wildman–Crippen MR) is 452 cm³/mol. The van der Waals surface area contributed by atoms with E-state index in [0.29, 0.717) is 111 Å². The van der Waals surface area contributed by atoms with Gasteiger partial charge in [0.1, 0.15) is 5.82 Å². The van der Waals surface area contributed by atoms with Gasteiger partial charge in [0.15, 0.2) is 34.2 Å². The molecule has 115 heavy (non-hydrogen) atoms. The molecule has 1 saturated heterocycles. The van der Waals surface area contributed by atoms with Crippen LogP contribution in [0.5, 0.6) is 0 Å². The highest BCUT2D eigenvalue weighted by atomic mass is 19.1. The number of anilines is 6. The maximum atomic E-state index is 13.1. The van der Waals surface area contributed by atoms with Crippen LogP contribution in [0.25, 0.3) is 4.85 Å². The van der Waals surface area contributed by atoms with E-state index < -0.39 is 0 Å². The normalized spacial score (nSPS) is 16.0. The molecule has 5 unspecified atom stereocenters. The topological polar surface area (TPSA) is 268 Å². The van der Waals surface area contributed by atoms with Crippen LogP contribution in [0.3, 0.4) is 0 Å². The smallest absolute Gasteiger partial charge is 0.276 e. The summed E-state index contributed by atoms with van der Waals surface area (Å²) in [5.74, 6) is 2.22. The third-order valence-electron chi connectivity index (χ3n) is 23.0. The number of para-hydroxylation sites is 1. The minimum Gasteiger partial charge on any atom is -0.370 e. The van der Waals surface area contributed by atoms with Crippen LogP contribution in [0.1, 0.15) is 264 Å². The maximum Gasteiger partial charge on any atom is 0.276 e. The molecule has 16 rings (SSSR count). The zero-order valence-electron chi connectivity index (χ0n) is 68.8. The summed E-state index contributed by atoms with van der Waals surface area (Å²) >= 11 is 0. The first kappa shape index (κ1) is 84.5. The van der Waals surface area contributed by atoms with Gasteiger partial charge in [0, 0.05) is 89.1 Å². The second kappa shape index (κ2) is 36.8. The Labute approximate surface area is 676 Å². The lowest BCUT2D eigenvalue weighted by Gasteiger charge is -2.22. The molecule has 606 valence electrons. The van der Waals surface area contributed by atoms with Crippen LogP contribution in [-0.2, 0) is 0 Å². The molecule has 1 aliphatic heterocycles.